The predicted molar refractivity (Wildman–Crippen MR) is 68.1 cm³/mol. The molecule has 2 rings (SSSR count). The van der Waals surface area contributed by atoms with Crippen molar-refractivity contribution in [2.24, 2.45) is 0 Å². The van der Waals surface area contributed by atoms with Gasteiger partial charge in [-0.25, -0.2) is 4.39 Å². The summed E-state index contributed by atoms with van der Waals surface area (Å²) in [6.45, 7) is 3.47. The molecule has 1 aromatic carbocycles. The van der Waals surface area contributed by atoms with E-state index in [0.29, 0.717) is 4.47 Å². The van der Waals surface area contributed by atoms with Crippen LogP contribution in [0.15, 0.2) is 22.7 Å². The Bertz CT molecular complexity index is 348. The summed E-state index contributed by atoms with van der Waals surface area (Å²) < 4.78 is 13.8. The molecule has 1 nitrogen and oxygen atoms in total. The normalized spacial score (nSPS) is 17.6. The number of rotatable bonds is 3. The first kappa shape index (κ1) is 12.1. The van der Waals surface area contributed by atoms with Gasteiger partial charge in [-0.15, -0.1) is 0 Å². The van der Waals surface area contributed by atoms with Crippen LogP contribution in [-0.2, 0) is 6.42 Å². The van der Waals surface area contributed by atoms with Crippen LogP contribution in [-0.4, -0.2) is 24.5 Å². The van der Waals surface area contributed by atoms with Crippen molar-refractivity contribution >= 4 is 15.9 Å². The van der Waals surface area contributed by atoms with Crippen LogP contribution in [0.4, 0.5) is 4.39 Å². The standard InChI is InChI=1S/C13H17BrFN/c14-12-5-4-11(10-13(12)15)6-9-16-7-2-1-3-8-16/h4-5,10H,1-3,6-9H2. The summed E-state index contributed by atoms with van der Waals surface area (Å²) in [5.74, 6) is -0.156. The minimum Gasteiger partial charge on any atom is -0.303 e. The van der Waals surface area contributed by atoms with E-state index in [1.807, 2.05) is 6.07 Å². The zero-order valence-electron chi connectivity index (χ0n) is 9.38. The molecule has 0 unspecified atom stereocenters. The molecule has 1 saturated heterocycles. The molecule has 0 radical (unpaired) electrons. The van der Waals surface area contributed by atoms with Crippen molar-refractivity contribution in [1.29, 1.82) is 0 Å². The molecule has 1 aliphatic heterocycles. The maximum absolute atomic E-state index is 13.3. The van der Waals surface area contributed by atoms with Gasteiger partial charge in [-0.1, -0.05) is 12.5 Å². The topological polar surface area (TPSA) is 3.24 Å². The molecular weight excluding hydrogens is 269 g/mol. The molecule has 1 heterocycles. The minimum atomic E-state index is -0.156. The van der Waals surface area contributed by atoms with Crippen molar-refractivity contribution in [3.63, 3.8) is 0 Å². The average Bonchev–Trinajstić information content (AvgIpc) is 2.32. The molecule has 88 valence electrons. The number of halogens is 2. The SMILES string of the molecule is Fc1cc(CCN2CCCCC2)ccc1Br. The number of likely N-dealkylation sites (tertiary alicyclic amines) is 1. The molecule has 1 aliphatic rings. The Morgan fingerprint density at radius 2 is 1.94 bits per heavy atom. The van der Waals surface area contributed by atoms with Crippen LogP contribution in [0, 0.1) is 5.82 Å². The summed E-state index contributed by atoms with van der Waals surface area (Å²) in [4.78, 5) is 2.48. The number of hydrogen-bond donors (Lipinski definition) is 0. The highest BCUT2D eigenvalue weighted by Gasteiger charge is 2.09. The molecule has 0 aromatic heterocycles. The molecule has 1 aromatic rings. The minimum absolute atomic E-state index is 0.156. The van der Waals surface area contributed by atoms with Crippen molar-refractivity contribution in [2.45, 2.75) is 25.7 Å². The maximum atomic E-state index is 13.3. The first-order chi connectivity index (χ1) is 7.75. The van der Waals surface area contributed by atoms with E-state index in [4.69, 9.17) is 0 Å². The van der Waals surface area contributed by atoms with E-state index in [1.165, 1.54) is 32.4 Å². The van der Waals surface area contributed by atoms with Gasteiger partial charge in [0.2, 0.25) is 0 Å². The highest BCUT2D eigenvalue weighted by atomic mass is 79.9. The molecule has 0 bridgehead atoms. The Kier molecular flexibility index (Phi) is 4.36. The van der Waals surface area contributed by atoms with Crippen LogP contribution >= 0.6 is 15.9 Å². The molecule has 0 aliphatic carbocycles. The largest absolute Gasteiger partial charge is 0.303 e. The lowest BCUT2D eigenvalue weighted by atomic mass is 10.1. The van der Waals surface area contributed by atoms with Gasteiger partial charge >= 0.3 is 0 Å². The second-order valence-electron chi connectivity index (χ2n) is 4.40. The number of hydrogen-bond acceptors (Lipinski definition) is 1. The fourth-order valence-corrected chi connectivity index (χ4v) is 2.41. The van der Waals surface area contributed by atoms with Crippen LogP contribution in [0.2, 0.25) is 0 Å². The Labute approximate surface area is 105 Å². The summed E-state index contributed by atoms with van der Waals surface area (Å²) >= 11 is 3.17. The molecular formula is C13H17BrFN. The first-order valence-electron chi connectivity index (χ1n) is 5.92. The predicted octanol–water partition coefficient (Wildman–Crippen LogP) is 3.62. The quantitative estimate of drug-likeness (QED) is 0.820. The summed E-state index contributed by atoms with van der Waals surface area (Å²) in [7, 11) is 0. The van der Waals surface area contributed by atoms with E-state index in [9.17, 15) is 4.39 Å². The summed E-state index contributed by atoms with van der Waals surface area (Å²) in [6.07, 6.45) is 4.94. The van der Waals surface area contributed by atoms with Gasteiger partial charge in [0, 0.05) is 6.54 Å². The van der Waals surface area contributed by atoms with Crippen molar-refractivity contribution < 1.29 is 4.39 Å². The molecule has 0 N–H and O–H groups in total. The number of benzene rings is 1. The maximum Gasteiger partial charge on any atom is 0.137 e. The Morgan fingerprint density at radius 1 is 1.19 bits per heavy atom. The van der Waals surface area contributed by atoms with E-state index in [-0.39, 0.29) is 5.82 Å². The van der Waals surface area contributed by atoms with Crippen molar-refractivity contribution in [1.82, 2.24) is 4.90 Å². The lowest BCUT2D eigenvalue weighted by Crippen LogP contribution is -2.31. The van der Waals surface area contributed by atoms with Crippen LogP contribution in [0.1, 0.15) is 24.8 Å². The van der Waals surface area contributed by atoms with Crippen molar-refractivity contribution in [3.05, 3.63) is 34.1 Å². The summed E-state index contributed by atoms with van der Waals surface area (Å²) in [6, 6.07) is 5.42. The molecule has 0 amide bonds. The van der Waals surface area contributed by atoms with E-state index < -0.39 is 0 Å². The molecule has 16 heavy (non-hydrogen) atoms. The highest BCUT2D eigenvalue weighted by Crippen LogP contribution is 2.17. The van der Waals surface area contributed by atoms with Gasteiger partial charge < -0.3 is 4.90 Å². The molecule has 0 saturated carbocycles. The van der Waals surface area contributed by atoms with Gasteiger partial charge in [-0.05, 0) is 66.0 Å². The van der Waals surface area contributed by atoms with Crippen LogP contribution in [0.25, 0.3) is 0 Å². The van der Waals surface area contributed by atoms with Gasteiger partial charge in [-0.3, -0.25) is 0 Å². The van der Waals surface area contributed by atoms with E-state index in [0.717, 1.165) is 18.5 Å². The third-order valence-corrected chi connectivity index (χ3v) is 3.79. The Balaban J connectivity index is 1.86. The number of nitrogens with zero attached hydrogens (tertiary/aromatic N) is 1. The highest BCUT2D eigenvalue weighted by molar-refractivity contribution is 9.10. The van der Waals surface area contributed by atoms with Crippen molar-refractivity contribution in [2.75, 3.05) is 19.6 Å². The van der Waals surface area contributed by atoms with Gasteiger partial charge in [-0.2, -0.15) is 0 Å². The third-order valence-electron chi connectivity index (χ3n) is 3.15. The zero-order chi connectivity index (χ0) is 11.4. The summed E-state index contributed by atoms with van der Waals surface area (Å²) in [5.41, 5.74) is 1.09. The Morgan fingerprint density at radius 3 is 2.62 bits per heavy atom. The third kappa shape index (κ3) is 3.29. The molecule has 0 atom stereocenters. The zero-order valence-corrected chi connectivity index (χ0v) is 11.0. The first-order valence-corrected chi connectivity index (χ1v) is 6.71. The van der Waals surface area contributed by atoms with Crippen LogP contribution in [0.3, 0.4) is 0 Å². The molecule has 1 fully saturated rings. The number of piperidine rings is 1. The lowest BCUT2D eigenvalue weighted by Gasteiger charge is -2.26. The van der Waals surface area contributed by atoms with Gasteiger partial charge in [0.1, 0.15) is 5.82 Å². The van der Waals surface area contributed by atoms with Crippen LogP contribution in [0.5, 0.6) is 0 Å². The Hall–Kier alpha value is -0.410. The average molecular weight is 286 g/mol. The van der Waals surface area contributed by atoms with E-state index >= 15 is 0 Å². The molecule has 0 spiro atoms. The van der Waals surface area contributed by atoms with Gasteiger partial charge in [0.15, 0.2) is 0 Å². The van der Waals surface area contributed by atoms with Crippen LogP contribution < -0.4 is 0 Å². The second kappa shape index (κ2) is 5.78. The van der Waals surface area contributed by atoms with E-state index in [2.05, 4.69) is 20.8 Å². The van der Waals surface area contributed by atoms with Gasteiger partial charge in [0.05, 0.1) is 4.47 Å². The van der Waals surface area contributed by atoms with Crippen molar-refractivity contribution in [3.8, 4) is 0 Å². The smallest absolute Gasteiger partial charge is 0.137 e. The summed E-state index contributed by atoms with van der Waals surface area (Å²) in [5, 5.41) is 0. The monoisotopic (exact) mass is 285 g/mol. The molecule has 3 heteroatoms. The van der Waals surface area contributed by atoms with E-state index in [1.54, 1.807) is 12.1 Å². The fraction of sp³-hybridized carbons (Fsp3) is 0.538. The van der Waals surface area contributed by atoms with Gasteiger partial charge in [0.25, 0.3) is 0 Å². The fourth-order valence-electron chi connectivity index (χ4n) is 2.17. The lowest BCUT2D eigenvalue weighted by molar-refractivity contribution is 0.231. The second-order valence-corrected chi connectivity index (χ2v) is 5.26.